The van der Waals surface area contributed by atoms with Gasteiger partial charge in [0.05, 0.1) is 0 Å². The van der Waals surface area contributed by atoms with Crippen LogP contribution in [0.4, 0.5) is 5.13 Å². The Morgan fingerprint density at radius 3 is 2.75 bits per heavy atom. The number of hydrogen-bond donors (Lipinski definition) is 1. The number of aryl methyl sites for hydroxylation is 2. The van der Waals surface area contributed by atoms with Crippen molar-refractivity contribution in [2.24, 2.45) is 0 Å². The van der Waals surface area contributed by atoms with Gasteiger partial charge in [-0.3, -0.25) is 10.1 Å². The number of aromatic nitrogens is 2. The van der Waals surface area contributed by atoms with Crippen molar-refractivity contribution in [2.75, 3.05) is 17.7 Å². The number of thioether (sulfide) groups is 1. The highest BCUT2D eigenvalue weighted by atomic mass is 32.2. The lowest BCUT2D eigenvalue weighted by Gasteiger charge is -2.07. The maximum absolute atomic E-state index is 12.0. The second-order valence-electron chi connectivity index (χ2n) is 6.08. The summed E-state index contributed by atoms with van der Waals surface area (Å²) in [5.74, 6) is 1.21. The summed E-state index contributed by atoms with van der Waals surface area (Å²) in [5, 5.41) is 11.3. The second kappa shape index (κ2) is 10.1. The van der Waals surface area contributed by atoms with E-state index in [0.29, 0.717) is 10.9 Å². The molecule has 1 aromatic heterocycles. The standard InChI is InChI=1S/C21H21N3O2S2/c1-15-10-11-18(13-16(15)2)26-14-19(25)22-20-23-24-21(28-20)27-12-6-9-17-7-4-3-5-8-17/h3-11,13H,12,14H2,1-2H3,(H,22,23,25)/b9-6+. The molecule has 28 heavy (non-hydrogen) atoms. The Balaban J connectivity index is 1.42. The zero-order valence-corrected chi connectivity index (χ0v) is 17.3. The Morgan fingerprint density at radius 2 is 1.96 bits per heavy atom. The number of carbonyl (C=O) groups is 1. The quantitative estimate of drug-likeness (QED) is 0.418. The predicted octanol–water partition coefficient (Wildman–Crippen LogP) is 4.98. The molecule has 1 N–H and O–H groups in total. The second-order valence-corrected chi connectivity index (χ2v) is 8.32. The molecule has 3 aromatic rings. The van der Waals surface area contributed by atoms with Crippen LogP contribution in [0.3, 0.4) is 0 Å². The molecule has 0 saturated carbocycles. The third-order valence-corrected chi connectivity index (χ3v) is 5.84. The summed E-state index contributed by atoms with van der Waals surface area (Å²) >= 11 is 2.93. The number of hydrogen-bond acceptors (Lipinski definition) is 6. The predicted molar refractivity (Wildman–Crippen MR) is 116 cm³/mol. The highest BCUT2D eigenvalue weighted by Crippen LogP contribution is 2.25. The molecule has 0 spiro atoms. The minimum absolute atomic E-state index is 0.0651. The maximum Gasteiger partial charge on any atom is 0.264 e. The average Bonchev–Trinajstić information content (AvgIpc) is 3.14. The molecule has 1 heterocycles. The highest BCUT2D eigenvalue weighted by Gasteiger charge is 2.09. The van der Waals surface area contributed by atoms with Gasteiger partial charge < -0.3 is 4.74 Å². The molecular weight excluding hydrogens is 390 g/mol. The fourth-order valence-electron chi connectivity index (χ4n) is 2.29. The molecule has 0 radical (unpaired) electrons. The van der Waals surface area contributed by atoms with E-state index in [1.54, 1.807) is 11.8 Å². The number of amides is 1. The van der Waals surface area contributed by atoms with Crippen molar-refractivity contribution in [2.45, 2.75) is 18.2 Å². The summed E-state index contributed by atoms with van der Waals surface area (Å²) in [5.41, 5.74) is 3.48. The van der Waals surface area contributed by atoms with Crippen LogP contribution in [0.25, 0.3) is 6.08 Å². The van der Waals surface area contributed by atoms with Crippen LogP contribution in [0.1, 0.15) is 16.7 Å². The molecule has 0 atom stereocenters. The molecule has 0 fully saturated rings. The Labute approximate surface area is 172 Å². The van der Waals surface area contributed by atoms with Crippen molar-refractivity contribution in [3.8, 4) is 5.75 Å². The van der Waals surface area contributed by atoms with Crippen molar-refractivity contribution in [1.29, 1.82) is 0 Å². The number of rotatable bonds is 8. The van der Waals surface area contributed by atoms with E-state index in [1.807, 2.05) is 50.2 Å². The van der Waals surface area contributed by atoms with Gasteiger partial charge >= 0.3 is 0 Å². The Morgan fingerprint density at radius 1 is 1.14 bits per heavy atom. The van der Waals surface area contributed by atoms with Gasteiger partial charge in [0.15, 0.2) is 10.9 Å². The van der Waals surface area contributed by atoms with Crippen molar-refractivity contribution in [3.63, 3.8) is 0 Å². The van der Waals surface area contributed by atoms with Crippen LogP contribution in [0.15, 0.2) is 58.9 Å². The highest BCUT2D eigenvalue weighted by molar-refractivity contribution is 8.01. The molecule has 7 heteroatoms. The molecule has 0 saturated heterocycles. The third-order valence-electron chi connectivity index (χ3n) is 3.91. The van der Waals surface area contributed by atoms with Crippen LogP contribution in [0.5, 0.6) is 5.75 Å². The van der Waals surface area contributed by atoms with Crippen molar-refractivity contribution < 1.29 is 9.53 Å². The molecule has 0 aliphatic heterocycles. The molecule has 0 aliphatic rings. The molecular formula is C21H21N3O2S2. The molecule has 0 aliphatic carbocycles. The topological polar surface area (TPSA) is 64.1 Å². The van der Waals surface area contributed by atoms with Gasteiger partial charge in [-0.1, -0.05) is 71.6 Å². The zero-order chi connectivity index (χ0) is 19.8. The maximum atomic E-state index is 12.0. The first-order chi connectivity index (χ1) is 13.6. The summed E-state index contributed by atoms with van der Waals surface area (Å²) < 4.78 is 6.34. The number of carbonyl (C=O) groups excluding carboxylic acids is 1. The minimum Gasteiger partial charge on any atom is -0.484 e. The lowest BCUT2D eigenvalue weighted by molar-refractivity contribution is -0.118. The summed E-state index contributed by atoms with van der Waals surface area (Å²) in [6.45, 7) is 3.98. The van der Waals surface area contributed by atoms with Crippen molar-refractivity contribution in [3.05, 3.63) is 71.3 Å². The SMILES string of the molecule is Cc1ccc(OCC(=O)Nc2nnc(SC/C=C/c3ccccc3)s2)cc1C. The normalized spacial score (nSPS) is 10.9. The Kier molecular flexibility index (Phi) is 7.22. The largest absolute Gasteiger partial charge is 0.484 e. The summed E-state index contributed by atoms with van der Waals surface area (Å²) in [6, 6.07) is 15.9. The van der Waals surface area contributed by atoms with Crippen molar-refractivity contribution >= 4 is 40.2 Å². The molecule has 2 aromatic carbocycles. The third kappa shape index (κ3) is 6.21. The van der Waals surface area contributed by atoms with Gasteiger partial charge in [0.2, 0.25) is 5.13 Å². The Bertz CT molecular complexity index is 955. The van der Waals surface area contributed by atoms with Gasteiger partial charge in [0.1, 0.15) is 5.75 Å². The van der Waals surface area contributed by atoms with E-state index < -0.39 is 0 Å². The van der Waals surface area contributed by atoms with Gasteiger partial charge in [0.25, 0.3) is 5.91 Å². The smallest absolute Gasteiger partial charge is 0.264 e. The van der Waals surface area contributed by atoms with Gasteiger partial charge in [-0.2, -0.15) is 0 Å². The van der Waals surface area contributed by atoms with Gasteiger partial charge in [-0.05, 0) is 42.7 Å². The van der Waals surface area contributed by atoms with Crippen molar-refractivity contribution in [1.82, 2.24) is 10.2 Å². The molecule has 5 nitrogen and oxygen atoms in total. The van der Waals surface area contributed by atoms with Crippen LogP contribution in [-0.4, -0.2) is 28.5 Å². The number of anilines is 1. The number of nitrogens with zero attached hydrogens (tertiary/aromatic N) is 2. The molecule has 0 unspecified atom stereocenters. The fourth-order valence-corrected chi connectivity index (χ4v) is 3.90. The summed E-state index contributed by atoms with van der Waals surface area (Å²) in [7, 11) is 0. The van der Waals surface area contributed by atoms with Gasteiger partial charge in [0, 0.05) is 5.75 Å². The van der Waals surface area contributed by atoms with E-state index in [2.05, 4.69) is 39.8 Å². The lowest BCUT2D eigenvalue weighted by atomic mass is 10.1. The first-order valence-corrected chi connectivity index (χ1v) is 10.6. The molecule has 1 amide bonds. The lowest BCUT2D eigenvalue weighted by Crippen LogP contribution is -2.20. The Hall–Kier alpha value is -2.64. The van der Waals surface area contributed by atoms with Crippen LogP contribution in [-0.2, 0) is 4.79 Å². The molecule has 3 rings (SSSR count). The van der Waals surface area contributed by atoms with E-state index in [1.165, 1.54) is 16.9 Å². The minimum atomic E-state index is -0.255. The summed E-state index contributed by atoms with van der Waals surface area (Å²) in [6.07, 6.45) is 4.15. The van der Waals surface area contributed by atoms with E-state index in [4.69, 9.17) is 4.74 Å². The van der Waals surface area contributed by atoms with Crippen LogP contribution < -0.4 is 10.1 Å². The molecule has 144 valence electrons. The van der Waals surface area contributed by atoms with Gasteiger partial charge in [-0.15, -0.1) is 10.2 Å². The number of benzene rings is 2. The van der Waals surface area contributed by atoms with E-state index >= 15 is 0 Å². The van der Waals surface area contributed by atoms with Gasteiger partial charge in [-0.25, -0.2) is 0 Å². The van der Waals surface area contributed by atoms with Crippen LogP contribution in [0, 0.1) is 13.8 Å². The van der Waals surface area contributed by atoms with E-state index in [0.717, 1.165) is 21.2 Å². The first-order valence-electron chi connectivity index (χ1n) is 8.78. The number of ether oxygens (including phenoxy) is 1. The monoisotopic (exact) mass is 411 g/mol. The average molecular weight is 412 g/mol. The van der Waals surface area contributed by atoms with E-state index in [9.17, 15) is 4.79 Å². The van der Waals surface area contributed by atoms with E-state index in [-0.39, 0.29) is 12.5 Å². The van der Waals surface area contributed by atoms with Crippen LogP contribution >= 0.6 is 23.1 Å². The zero-order valence-electron chi connectivity index (χ0n) is 15.7. The number of nitrogens with one attached hydrogen (secondary N) is 1. The summed E-state index contributed by atoms with van der Waals surface area (Å²) in [4.78, 5) is 12.0. The fraction of sp³-hybridized carbons (Fsp3) is 0.190. The first kappa shape index (κ1) is 20.1. The molecule has 0 bridgehead atoms. The van der Waals surface area contributed by atoms with Crippen LogP contribution in [0.2, 0.25) is 0 Å².